The van der Waals surface area contributed by atoms with Gasteiger partial charge in [0.15, 0.2) is 0 Å². The fourth-order valence-corrected chi connectivity index (χ4v) is 3.22. The van der Waals surface area contributed by atoms with Crippen LogP contribution in [-0.4, -0.2) is 0 Å². The van der Waals surface area contributed by atoms with Gasteiger partial charge in [0, 0.05) is 10.5 Å². The van der Waals surface area contributed by atoms with E-state index in [2.05, 4.69) is 64.5 Å². The van der Waals surface area contributed by atoms with Crippen molar-refractivity contribution in [3.63, 3.8) is 0 Å². The lowest BCUT2D eigenvalue weighted by molar-refractivity contribution is 0.613. The monoisotopic (exact) mass is 301 g/mol. The van der Waals surface area contributed by atoms with E-state index in [1.807, 2.05) is 6.07 Å². The first-order valence-corrected chi connectivity index (χ1v) is 7.11. The second-order valence-electron chi connectivity index (χ2n) is 4.96. The highest BCUT2D eigenvalue weighted by atomic mass is 79.9. The Kier molecular flexibility index (Phi) is 3.23. The first-order valence-electron chi connectivity index (χ1n) is 6.32. The molecule has 1 saturated carbocycles. The zero-order valence-electron chi connectivity index (χ0n) is 10.1. The summed E-state index contributed by atoms with van der Waals surface area (Å²) in [7, 11) is 0. The van der Waals surface area contributed by atoms with Crippen LogP contribution in [0.2, 0.25) is 0 Å². The lowest BCUT2D eigenvalue weighted by Gasteiger charge is -2.13. The molecule has 2 heteroatoms. The number of hydrogen-bond acceptors (Lipinski definition) is 1. The normalized spacial score (nSPS) is 23.7. The molecule has 18 heavy (non-hydrogen) atoms. The van der Waals surface area contributed by atoms with Crippen molar-refractivity contribution in [2.75, 3.05) is 0 Å². The van der Waals surface area contributed by atoms with E-state index < -0.39 is 0 Å². The fourth-order valence-electron chi connectivity index (χ4n) is 2.67. The van der Waals surface area contributed by atoms with Crippen molar-refractivity contribution in [2.45, 2.75) is 18.4 Å². The molecule has 0 amide bonds. The SMILES string of the molecule is NC(c1ccccc1Br)[C@@H]1C[C@H]1c1ccccc1. The van der Waals surface area contributed by atoms with E-state index in [0.717, 1.165) is 4.47 Å². The van der Waals surface area contributed by atoms with Gasteiger partial charge in [-0.25, -0.2) is 0 Å². The second-order valence-corrected chi connectivity index (χ2v) is 5.82. The van der Waals surface area contributed by atoms with Crippen LogP contribution in [0.5, 0.6) is 0 Å². The molecule has 3 atom stereocenters. The van der Waals surface area contributed by atoms with Crippen molar-refractivity contribution >= 4 is 15.9 Å². The third-order valence-corrected chi connectivity index (χ3v) is 4.52. The van der Waals surface area contributed by atoms with Gasteiger partial charge in [0.05, 0.1) is 0 Å². The Morgan fingerprint density at radius 2 is 1.67 bits per heavy atom. The van der Waals surface area contributed by atoms with Gasteiger partial charge >= 0.3 is 0 Å². The average molecular weight is 302 g/mol. The summed E-state index contributed by atoms with van der Waals surface area (Å²) in [6.45, 7) is 0. The standard InChI is InChI=1S/C16H16BrN/c17-15-9-5-4-8-12(15)16(18)14-10-13(14)11-6-2-1-3-7-11/h1-9,13-14,16H,10,18H2/t13-,14+,16?/m0/s1. The minimum absolute atomic E-state index is 0.130. The summed E-state index contributed by atoms with van der Waals surface area (Å²) in [6, 6.07) is 19.1. The van der Waals surface area contributed by atoms with Gasteiger partial charge < -0.3 is 5.73 Å². The van der Waals surface area contributed by atoms with Crippen molar-refractivity contribution in [1.82, 2.24) is 0 Å². The van der Waals surface area contributed by atoms with E-state index >= 15 is 0 Å². The average Bonchev–Trinajstić information content (AvgIpc) is 3.20. The largest absolute Gasteiger partial charge is 0.324 e. The van der Waals surface area contributed by atoms with Gasteiger partial charge in [0.25, 0.3) is 0 Å². The molecule has 0 bridgehead atoms. The Balaban J connectivity index is 1.77. The summed E-state index contributed by atoms with van der Waals surface area (Å²) in [6.07, 6.45) is 1.20. The maximum atomic E-state index is 6.40. The van der Waals surface area contributed by atoms with E-state index in [9.17, 15) is 0 Å². The Morgan fingerprint density at radius 1 is 1.00 bits per heavy atom. The van der Waals surface area contributed by atoms with Crippen LogP contribution in [0.4, 0.5) is 0 Å². The van der Waals surface area contributed by atoms with Crippen LogP contribution in [0, 0.1) is 5.92 Å². The molecule has 1 fully saturated rings. The lowest BCUT2D eigenvalue weighted by atomic mass is 10.00. The molecule has 0 spiro atoms. The molecule has 0 radical (unpaired) electrons. The number of halogens is 1. The van der Waals surface area contributed by atoms with E-state index in [-0.39, 0.29) is 6.04 Å². The molecule has 2 aromatic rings. The number of benzene rings is 2. The quantitative estimate of drug-likeness (QED) is 0.901. The van der Waals surface area contributed by atoms with Gasteiger partial charge in [-0.1, -0.05) is 64.5 Å². The van der Waals surface area contributed by atoms with Crippen molar-refractivity contribution in [2.24, 2.45) is 11.7 Å². The van der Waals surface area contributed by atoms with Crippen LogP contribution in [0.1, 0.15) is 29.5 Å². The zero-order valence-corrected chi connectivity index (χ0v) is 11.7. The minimum Gasteiger partial charge on any atom is -0.324 e. The molecule has 1 unspecified atom stereocenters. The maximum Gasteiger partial charge on any atom is 0.0340 e. The molecule has 2 aromatic carbocycles. The minimum atomic E-state index is 0.130. The van der Waals surface area contributed by atoms with Crippen molar-refractivity contribution in [1.29, 1.82) is 0 Å². The number of hydrogen-bond donors (Lipinski definition) is 1. The third kappa shape index (κ3) is 2.23. The first kappa shape index (κ1) is 11.9. The maximum absolute atomic E-state index is 6.40. The molecule has 0 saturated heterocycles. The van der Waals surface area contributed by atoms with Gasteiger partial charge in [0.2, 0.25) is 0 Å². The van der Waals surface area contributed by atoms with E-state index in [1.165, 1.54) is 17.5 Å². The summed E-state index contributed by atoms with van der Waals surface area (Å²) >= 11 is 3.59. The molecule has 0 aromatic heterocycles. The molecule has 1 aliphatic rings. The van der Waals surface area contributed by atoms with Crippen molar-refractivity contribution < 1.29 is 0 Å². The van der Waals surface area contributed by atoms with E-state index in [4.69, 9.17) is 5.73 Å². The Morgan fingerprint density at radius 3 is 2.39 bits per heavy atom. The molecule has 0 aliphatic heterocycles. The molecule has 92 valence electrons. The lowest BCUT2D eigenvalue weighted by Crippen LogP contribution is -2.14. The highest BCUT2D eigenvalue weighted by molar-refractivity contribution is 9.10. The second kappa shape index (κ2) is 4.87. The topological polar surface area (TPSA) is 26.0 Å². The predicted octanol–water partition coefficient (Wildman–Crippen LogP) is 4.25. The highest BCUT2D eigenvalue weighted by Crippen LogP contribution is 2.53. The summed E-state index contributed by atoms with van der Waals surface area (Å²) < 4.78 is 1.12. The van der Waals surface area contributed by atoms with Crippen LogP contribution in [0.15, 0.2) is 59.1 Å². The zero-order chi connectivity index (χ0) is 12.5. The van der Waals surface area contributed by atoms with Gasteiger partial charge in [-0.15, -0.1) is 0 Å². The fraction of sp³-hybridized carbons (Fsp3) is 0.250. The Labute approximate surface area is 116 Å². The Hall–Kier alpha value is -1.12. The molecule has 3 rings (SSSR count). The summed E-state index contributed by atoms with van der Waals surface area (Å²) in [5, 5.41) is 0. The van der Waals surface area contributed by atoms with E-state index in [1.54, 1.807) is 0 Å². The number of nitrogens with two attached hydrogens (primary N) is 1. The third-order valence-electron chi connectivity index (χ3n) is 3.79. The predicted molar refractivity (Wildman–Crippen MR) is 78.4 cm³/mol. The van der Waals surface area contributed by atoms with Gasteiger partial charge in [-0.3, -0.25) is 0 Å². The van der Waals surface area contributed by atoms with Crippen LogP contribution >= 0.6 is 15.9 Å². The van der Waals surface area contributed by atoms with E-state index in [0.29, 0.717) is 11.8 Å². The first-order chi connectivity index (χ1) is 8.77. The van der Waals surface area contributed by atoms with Crippen molar-refractivity contribution in [3.8, 4) is 0 Å². The number of rotatable bonds is 3. The van der Waals surface area contributed by atoms with Crippen LogP contribution in [0.25, 0.3) is 0 Å². The molecular formula is C16H16BrN. The highest BCUT2D eigenvalue weighted by Gasteiger charge is 2.43. The summed E-state index contributed by atoms with van der Waals surface area (Å²) in [4.78, 5) is 0. The molecule has 0 heterocycles. The van der Waals surface area contributed by atoms with Crippen LogP contribution in [-0.2, 0) is 0 Å². The molecule has 2 N–H and O–H groups in total. The van der Waals surface area contributed by atoms with Crippen LogP contribution in [0.3, 0.4) is 0 Å². The van der Waals surface area contributed by atoms with Crippen molar-refractivity contribution in [3.05, 3.63) is 70.2 Å². The molecule has 1 nitrogen and oxygen atoms in total. The van der Waals surface area contributed by atoms with Gasteiger partial charge in [-0.2, -0.15) is 0 Å². The van der Waals surface area contributed by atoms with Gasteiger partial charge in [0.1, 0.15) is 0 Å². The smallest absolute Gasteiger partial charge is 0.0340 e. The summed E-state index contributed by atoms with van der Waals surface area (Å²) in [5.74, 6) is 1.21. The summed E-state index contributed by atoms with van der Waals surface area (Å²) in [5.41, 5.74) is 9.04. The Bertz CT molecular complexity index is 538. The van der Waals surface area contributed by atoms with Crippen LogP contribution < -0.4 is 5.73 Å². The molecular weight excluding hydrogens is 286 g/mol. The molecule has 1 aliphatic carbocycles. The van der Waals surface area contributed by atoms with Gasteiger partial charge in [-0.05, 0) is 35.4 Å².